The fourth-order valence-electron chi connectivity index (χ4n) is 4.00. The first-order chi connectivity index (χ1) is 15.1. The van der Waals surface area contributed by atoms with Gasteiger partial charge >= 0.3 is 0 Å². The molecule has 0 bridgehead atoms. The van der Waals surface area contributed by atoms with Crippen molar-refractivity contribution in [2.24, 2.45) is 0 Å². The maximum atomic E-state index is 10.4. The summed E-state index contributed by atoms with van der Waals surface area (Å²) in [5.41, 5.74) is 3.24. The summed E-state index contributed by atoms with van der Waals surface area (Å²) in [7, 11) is 6.51. The van der Waals surface area contributed by atoms with Crippen LogP contribution in [0.3, 0.4) is 0 Å². The minimum atomic E-state index is -0.0904. The molecule has 31 heavy (non-hydrogen) atoms. The summed E-state index contributed by atoms with van der Waals surface area (Å²) >= 11 is 0. The highest BCUT2D eigenvalue weighted by molar-refractivity contribution is 5.47. The van der Waals surface area contributed by atoms with Gasteiger partial charge in [0.2, 0.25) is 0 Å². The van der Waals surface area contributed by atoms with Crippen LogP contribution in [0, 0.1) is 0 Å². The average molecular weight is 423 g/mol. The molecule has 0 saturated carbocycles. The molecule has 3 aromatic carbocycles. The van der Waals surface area contributed by atoms with Gasteiger partial charge in [0.05, 0.1) is 35.0 Å². The van der Waals surface area contributed by atoms with Crippen molar-refractivity contribution < 1.29 is 24.1 Å². The smallest absolute Gasteiger partial charge is 0.160 e. The Kier molecular flexibility index (Phi) is 7.79. The minimum Gasteiger partial charge on any atom is -0.493 e. The van der Waals surface area contributed by atoms with Crippen LogP contribution in [0.4, 0.5) is 0 Å². The van der Waals surface area contributed by atoms with Gasteiger partial charge in [-0.25, -0.2) is 0 Å². The van der Waals surface area contributed by atoms with Gasteiger partial charge in [-0.05, 0) is 53.3 Å². The molecule has 0 saturated heterocycles. The topological polar surface area (TPSA) is 57.2 Å². The van der Waals surface area contributed by atoms with Crippen molar-refractivity contribution in [2.75, 3.05) is 35.0 Å². The number of aliphatic hydroxyl groups is 1. The van der Waals surface area contributed by atoms with E-state index in [9.17, 15) is 5.11 Å². The van der Waals surface area contributed by atoms with Gasteiger partial charge in [-0.15, -0.1) is 0 Å². The van der Waals surface area contributed by atoms with Crippen molar-refractivity contribution in [2.45, 2.75) is 18.3 Å². The summed E-state index contributed by atoms with van der Waals surface area (Å²) in [4.78, 5) is 0. The van der Waals surface area contributed by atoms with Gasteiger partial charge < -0.3 is 24.1 Å². The summed E-state index contributed by atoms with van der Waals surface area (Å²) in [5.74, 6) is 2.64. The zero-order chi connectivity index (χ0) is 22.2. The Morgan fingerprint density at radius 1 is 0.613 bits per heavy atom. The highest BCUT2D eigenvalue weighted by Gasteiger charge is 2.26. The standard InChI is InChI=1S/C26H30O5/c1-28-23-12-10-18(15-25(23)30-3)14-21(22(17-27)19-8-6-5-7-9-19)20-11-13-24(29-2)26(16-20)31-4/h5-13,15-16,21-22,27H,14,17H2,1-4H3/t21-,22-/m1/s1. The van der Waals surface area contributed by atoms with E-state index in [4.69, 9.17) is 18.9 Å². The quantitative estimate of drug-likeness (QED) is 0.507. The van der Waals surface area contributed by atoms with Gasteiger partial charge in [0.1, 0.15) is 0 Å². The molecule has 0 radical (unpaired) electrons. The second kappa shape index (κ2) is 10.7. The summed E-state index contributed by atoms with van der Waals surface area (Å²) < 4.78 is 21.8. The minimum absolute atomic E-state index is 0.00491. The van der Waals surface area contributed by atoms with Crippen LogP contribution in [-0.4, -0.2) is 40.2 Å². The van der Waals surface area contributed by atoms with Crippen molar-refractivity contribution in [1.29, 1.82) is 0 Å². The van der Waals surface area contributed by atoms with Crippen molar-refractivity contribution in [3.05, 3.63) is 83.4 Å². The van der Waals surface area contributed by atoms with Crippen LogP contribution in [0.2, 0.25) is 0 Å². The van der Waals surface area contributed by atoms with Crippen LogP contribution in [0.25, 0.3) is 0 Å². The van der Waals surface area contributed by atoms with E-state index < -0.39 is 0 Å². The Hall–Kier alpha value is -3.18. The van der Waals surface area contributed by atoms with Crippen LogP contribution in [0.15, 0.2) is 66.7 Å². The molecule has 0 unspecified atom stereocenters. The molecule has 0 fully saturated rings. The molecule has 5 heteroatoms. The molecule has 0 aliphatic rings. The van der Waals surface area contributed by atoms with Gasteiger partial charge in [0.15, 0.2) is 23.0 Å². The normalized spacial score (nSPS) is 12.7. The van der Waals surface area contributed by atoms with Crippen molar-refractivity contribution in [3.8, 4) is 23.0 Å². The first kappa shape index (κ1) is 22.5. The molecule has 3 rings (SSSR count). The third-order valence-electron chi connectivity index (χ3n) is 5.65. The number of aliphatic hydroxyl groups excluding tert-OH is 1. The number of ether oxygens (including phenoxy) is 4. The number of benzene rings is 3. The fraction of sp³-hybridized carbons (Fsp3) is 0.308. The Labute approximate surface area is 184 Å². The number of hydrogen-bond acceptors (Lipinski definition) is 5. The largest absolute Gasteiger partial charge is 0.493 e. The lowest BCUT2D eigenvalue weighted by Crippen LogP contribution is -2.18. The molecule has 0 heterocycles. The third kappa shape index (κ3) is 5.12. The first-order valence-corrected chi connectivity index (χ1v) is 10.2. The van der Waals surface area contributed by atoms with E-state index in [0.717, 1.165) is 16.7 Å². The average Bonchev–Trinajstić information content (AvgIpc) is 2.83. The monoisotopic (exact) mass is 422 g/mol. The Morgan fingerprint density at radius 2 is 1.19 bits per heavy atom. The number of rotatable bonds is 10. The van der Waals surface area contributed by atoms with Crippen LogP contribution in [-0.2, 0) is 6.42 Å². The van der Waals surface area contributed by atoms with Crippen molar-refractivity contribution in [3.63, 3.8) is 0 Å². The highest BCUT2D eigenvalue weighted by atomic mass is 16.5. The van der Waals surface area contributed by atoms with E-state index in [2.05, 4.69) is 12.1 Å². The van der Waals surface area contributed by atoms with Crippen molar-refractivity contribution in [1.82, 2.24) is 0 Å². The van der Waals surface area contributed by atoms with E-state index in [0.29, 0.717) is 29.4 Å². The summed E-state index contributed by atoms with van der Waals surface area (Å²) in [6, 6.07) is 22.0. The Bertz CT molecular complexity index is 971. The number of methoxy groups -OCH3 is 4. The third-order valence-corrected chi connectivity index (χ3v) is 5.65. The molecular weight excluding hydrogens is 392 g/mol. The Morgan fingerprint density at radius 3 is 1.77 bits per heavy atom. The van der Waals surface area contributed by atoms with E-state index >= 15 is 0 Å². The maximum absolute atomic E-state index is 10.4. The molecular formula is C26H30O5. The number of hydrogen-bond donors (Lipinski definition) is 1. The molecule has 1 N–H and O–H groups in total. The van der Waals surface area contributed by atoms with E-state index in [-0.39, 0.29) is 18.4 Å². The molecule has 164 valence electrons. The second-order valence-corrected chi connectivity index (χ2v) is 7.31. The lowest BCUT2D eigenvalue weighted by molar-refractivity contribution is 0.246. The summed E-state index contributed by atoms with van der Waals surface area (Å²) in [6.45, 7) is 0.0241. The van der Waals surface area contributed by atoms with Gasteiger partial charge in [-0.2, -0.15) is 0 Å². The van der Waals surface area contributed by atoms with Crippen LogP contribution < -0.4 is 18.9 Å². The molecule has 5 nitrogen and oxygen atoms in total. The van der Waals surface area contributed by atoms with Crippen LogP contribution in [0.5, 0.6) is 23.0 Å². The molecule has 3 aromatic rings. The molecule has 0 aromatic heterocycles. The van der Waals surface area contributed by atoms with Crippen LogP contribution in [0.1, 0.15) is 28.5 Å². The van der Waals surface area contributed by atoms with E-state index in [1.54, 1.807) is 28.4 Å². The molecule has 0 amide bonds. The van der Waals surface area contributed by atoms with Gasteiger partial charge in [-0.1, -0.05) is 42.5 Å². The summed E-state index contributed by atoms with van der Waals surface area (Å²) in [5, 5.41) is 10.4. The molecule has 2 atom stereocenters. The van der Waals surface area contributed by atoms with E-state index in [1.807, 2.05) is 54.6 Å². The first-order valence-electron chi connectivity index (χ1n) is 10.2. The lowest BCUT2D eigenvalue weighted by Gasteiger charge is -2.28. The predicted molar refractivity (Wildman–Crippen MR) is 122 cm³/mol. The Balaban J connectivity index is 2.06. The molecule has 0 aliphatic carbocycles. The second-order valence-electron chi connectivity index (χ2n) is 7.31. The van der Waals surface area contributed by atoms with Gasteiger partial charge in [-0.3, -0.25) is 0 Å². The summed E-state index contributed by atoms with van der Waals surface area (Å²) in [6.07, 6.45) is 0.704. The lowest BCUT2D eigenvalue weighted by atomic mass is 9.78. The van der Waals surface area contributed by atoms with Gasteiger partial charge in [0.25, 0.3) is 0 Å². The zero-order valence-electron chi connectivity index (χ0n) is 18.5. The van der Waals surface area contributed by atoms with Crippen molar-refractivity contribution >= 4 is 0 Å². The highest BCUT2D eigenvalue weighted by Crippen LogP contribution is 2.40. The van der Waals surface area contributed by atoms with E-state index in [1.165, 1.54) is 0 Å². The van der Waals surface area contributed by atoms with Crippen LogP contribution >= 0.6 is 0 Å². The fourth-order valence-corrected chi connectivity index (χ4v) is 4.00. The molecule has 0 spiro atoms. The molecule has 0 aliphatic heterocycles. The SMILES string of the molecule is COc1ccc(C[C@H](c2ccc(OC)c(OC)c2)[C@H](CO)c2ccccc2)cc1OC. The van der Waals surface area contributed by atoms with Gasteiger partial charge in [0, 0.05) is 5.92 Å². The zero-order valence-corrected chi connectivity index (χ0v) is 18.5. The predicted octanol–water partition coefficient (Wildman–Crippen LogP) is 4.82. The maximum Gasteiger partial charge on any atom is 0.160 e.